The molecule has 4 nitrogen and oxygen atoms in total. The molecule has 1 aromatic rings. The van der Waals surface area contributed by atoms with Gasteiger partial charge in [0.15, 0.2) is 5.78 Å². The second-order valence-corrected chi connectivity index (χ2v) is 12.0. The molecule has 0 amide bonds. The Kier molecular flexibility index (Phi) is 4.84. The molecule has 32 heavy (non-hydrogen) atoms. The van der Waals surface area contributed by atoms with Gasteiger partial charge in [-0.3, -0.25) is 9.48 Å². The molecule has 0 spiro atoms. The molecule has 1 N–H and O–H groups in total. The Morgan fingerprint density at radius 2 is 1.84 bits per heavy atom. The van der Waals surface area contributed by atoms with Crippen LogP contribution in [0.1, 0.15) is 96.2 Å². The van der Waals surface area contributed by atoms with Crippen LogP contribution in [0.2, 0.25) is 0 Å². The molecule has 0 aliphatic heterocycles. The molecule has 0 radical (unpaired) electrons. The van der Waals surface area contributed by atoms with Gasteiger partial charge in [-0.05, 0) is 98.7 Å². The molecule has 4 heteroatoms. The first kappa shape index (κ1) is 20.9. The van der Waals surface area contributed by atoms with Crippen molar-refractivity contribution in [2.24, 2.45) is 28.6 Å². The van der Waals surface area contributed by atoms with Gasteiger partial charge < -0.3 is 5.11 Å². The largest absolute Gasteiger partial charge is 0.393 e. The third-order valence-electron chi connectivity index (χ3n) is 10.4. The van der Waals surface area contributed by atoms with Crippen LogP contribution in [0.25, 0.3) is 6.08 Å². The Morgan fingerprint density at radius 3 is 2.66 bits per heavy atom. The van der Waals surface area contributed by atoms with Gasteiger partial charge in [-0.1, -0.05) is 38.3 Å². The normalized spacial score (nSPS) is 43.2. The maximum atomic E-state index is 13.8. The van der Waals surface area contributed by atoms with Gasteiger partial charge in [0.2, 0.25) is 0 Å². The van der Waals surface area contributed by atoms with Crippen molar-refractivity contribution in [3.8, 4) is 0 Å². The predicted molar refractivity (Wildman–Crippen MR) is 126 cm³/mol. The summed E-state index contributed by atoms with van der Waals surface area (Å²) in [6, 6.07) is 2.59. The third kappa shape index (κ3) is 2.97. The number of rotatable bonds is 2. The van der Waals surface area contributed by atoms with Crippen LogP contribution in [0, 0.1) is 28.6 Å². The van der Waals surface area contributed by atoms with Gasteiger partial charge in [-0.2, -0.15) is 5.10 Å². The number of carbonyl (C=O) groups excluding carboxylic acids is 1. The molecule has 0 saturated heterocycles. The maximum absolute atomic E-state index is 13.8. The minimum Gasteiger partial charge on any atom is -0.393 e. The van der Waals surface area contributed by atoms with Crippen molar-refractivity contribution < 1.29 is 9.90 Å². The van der Waals surface area contributed by atoms with Crippen LogP contribution >= 0.6 is 0 Å². The van der Waals surface area contributed by atoms with Gasteiger partial charge in [-0.15, -0.1) is 0 Å². The SMILES string of the molecule is C[C@]12CC[C@@H](O)CC1=CC[C@@H]1[C@@H]2CC[C@]2(C)C(=O)/C(=C/c3ccnn3C3CCCC3)C[C@@H]12. The van der Waals surface area contributed by atoms with E-state index in [-0.39, 0.29) is 16.9 Å². The molecule has 5 aliphatic rings. The topological polar surface area (TPSA) is 55.1 Å². The molecular formula is C28H38N2O2. The van der Waals surface area contributed by atoms with Crippen LogP contribution in [0.3, 0.4) is 0 Å². The summed E-state index contributed by atoms with van der Waals surface area (Å²) >= 11 is 0. The van der Waals surface area contributed by atoms with E-state index in [1.165, 1.54) is 31.3 Å². The smallest absolute Gasteiger partial charge is 0.165 e. The van der Waals surface area contributed by atoms with Crippen molar-refractivity contribution in [3.63, 3.8) is 0 Å². The summed E-state index contributed by atoms with van der Waals surface area (Å²) in [6.45, 7) is 4.72. The van der Waals surface area contributed by atoms with E-state index in [0.717, 1.165) is 56.2 Å². The molecule has 0 unspecified atom stereocenters. The lowest BCUT2D eigenvalue weighted by Crippen LogP contribution is -2.50. The number of Topliss-reactive ketones (excluding diaryl/α,β-unsaturated/α-hetero) is 1. The van der Waals surface area contributed by atoms with E-state index < -0.39 is 0 Å². The molecule has 0 bridgehead atoms. The zero-order valence-corrected chi connectivity index (χ0v) is 19.7. The molecular weight excluding hydrogens is 396 g/mol. The van der Waals surface area contributed by atoms with E-state index in [1.54, 1.807) is 0 Å². The number of aliphatic hydroxyl groups excluding tert-OH is 1. The van der Waals surface area contributed by atoms with Crippen LogP contribution in [0.5, 0.6) is 0 Å². The summed E-state index contributed by atoms with van der Waals surface area (Å²) in [5.41, 5.74) is 3.68. The number of fused-ring (bicyclic) bond motifs is 5. The van der Waals surface area contributed by atoms with Gasteiger partial charge in [0, 0.05) is 11.6 Å². The van der Waals surface area contributed by atoms with Crippen LogP contribution < -0.4 is 0 Å². The monoisotopic (exact) mass is 434 g/mol. The number of allylic oxidation sites excluding steroid dienone is 2. The first-order valence-electron chi connectivity index (χ1n) is 13.1. The van der Waals surface area contributed by atoms with E-state index in [2.05, 4.69) is 41.8 Å². The molecule has 4 fully saturated rings. The summed E-state index contributed by atoms with van der Waals surface area (Å²) in [5.74, 6) is 2.10. The van der Waals surface area contributed by atoms with Gasteiger partial charge >= 0.3 is 0 Å². The summed E-state index contributed by atoms with van der Waals surface area (Å²) in [4.78, 5) is 13.8. The van der Waals surface area contributed by atoms with Crippen LogP contribution in [0.15, 0.2) is 29.5 Å². The molecule has 172 valence electrons. The summed E-state index contributed by atoms with van der Waals surface area (Å²) < 4.78 is 2.18. The van der Waals surface area contributed by atoms with Gasteiger partial charge in [-0.25, -0.2) is 0 Å². The summed E-state index contributed by atoms with van der Waals surface area (Å²) in [6.07, 6.45) is 18.4. The Balaban J connectivity index is 1.31. The molecule has 6 atom stereocenters. The minimum absolute atomic E-state index is 0.160. The quantitative estimate of drug-likeness (QED) is 0.467. The molecule has 1 aromatic heterocycles. The Hall–Kier alpha value is -1.68. The number of aliphatic hydroxyl groups is 1. The Bertz CT molecular complexity index is 983. The predicted octanol–water partition coefficient (Wildman–Crippen LogP) is 5.88. The van der Waals surface area contributed by atoms with Crippen LogP contribution in [0.4, 0.5) is 0 Å². The van der Waals surface area contributed by atoms with E-state index in [9.17, 15) is 9.90 Å². The number of hydrogen-bond donors (Lipinski definition) is 1. The van der Waals surface area contributed by atoms with Gasteiger partial charge in [0.25, 0.3) is 0 Å². The zero-order chi connectivity index (χ0) is 22.1. The maximum Gasteiger partial charge on any atom is 0.165 e. The van der Waals surface area contributed by atoms with Crippen LogP contribution in [-0.2, 0) is 4.79 Å². The lowest BCUT2D eigenvalue weighted by atomic mass is 9.48. The van der Waals surface area contributed by atoms with E-state index in [1.807, 2.05) is 6.20 Å². The van der Waals surface area contributed by atoms with Crippen molar-refractivity contribution in [1.29, 1.82) is 0 Å². The standard InChI is InChI=1S/C28H38N2O2/c1-27-12-9-22(31)17-19(27)7-8-23-24(27)10-13-28(2)25(23)16-18(26(28)32)15-21-11-14-29-30(21)20-5-3-4-6-20/h7,11,14-15,20,22-25,31H,3-6,8-10,12-13,16-17H2,1-2H3/b18-15+/t22-,23-,24+,25+,27+,28+/m1/s1. The lowest BCUT2D eigenvalue weighted by molar-refractivity contribution is -0.130. The van der Waals surface area contributed by atoms with Gasteiger partial charge in [0.1, 0.15) is 0 Å². The zero-order valence-electron chi connectivity index (χ0n) is 19.7. The molecule has 4 saturated carbocycles. The highest BCUT2D eigenvalue weighted by atomic mass is 16.3. The van der Waals surface area contributed by atoms with E-state index in [4.69, 9.17) is 0 Å². The first-order valence-corrected chi connectivity index (χ1v) is 13.1. The molecule has 0 aromatic carbocycles. The fourth-order valence-corrected chi connectivity index (χ4v) is 8.51. The van der Waals surface area contributed by atoms with Crippen molar-refractivity contribution in [3.05, 3.63) is 35.2 Å². The van der Waals surface area contributed by atoms with E-state index in [0.29, 0.717) is 29.6 Å². The van der Waals surface area contributed by atoms with Gasteiger partial charge in [0.05, 0.1) is 17.8 Å². The number of ketones is 1. The average Bonchev–Trinajstić information content (AvgIpc) is 3.50. The summed E-state index contributed by atoms with van der Waals surface area (Å²) in [5, 5.41) is 14.9. The minimum atomic E-state index is -0.207. The molecule has 6 rings (SSSR count). The summed E-state index contributed by atoms with van der Waals surface area (Å²) in [7, 11) is 0. The number of carbonyl (C=O) groups is 1. The van der Waals surface area contributed by atoms with Crippen molar-refractivity contribution >= 4 is 11.9 Å². The highest BCUT2D eigenvalue weighted by Crippen LogP contribution is 2.64. The third-order valence-corrected chi connectivity index (χ3v) is 10.4. The van der Waals surface area contributed by atoms with Crippen molar-refractivity contribution in [2.75, 3.05) is 0 Å². The fraction of sp³-hybridized carbons (Fsp3) is 0.714. The highest BCUT2D eigenvalue weighted by Gasteiger charge is 2.59. The average molecular weight is 435 g/mol. The first-order chi connectivity index (χ1) is 15.4. The highest BCUT2D eigenvalue weighted by molar-refractivity contribution is 6.05. The van der Waals surface area contributed by atoms with Crippen LogP contribution in [-0.4, -0.2) is 26.8 Å². The van der Waals surface area contributed by atoms with Crippen molar-refractivity contribution in [2.45, 2.75) is 96.6 Å². The number of nitrogens with zero attached hydrogens (tertiary/aromatic N) is 2. The van der Waals surface area contributed by atoms with Crippen molar-refractivity contribution in [1.82, 2.24) is 9.78 Å². The second-order valence-electron chi connectivity index (χ2n) is 12.0. The molecule has 5 aliphatic carbocycles. The fourth-order valence-electron chi connectivity index (χ4n) is 8.51. The number of aromatic nitrogens is 2. The second kappa shape index (κ2) is 7.41. The number of hydrogen-bond acceptors (Lipinski definition) is 3. The lowest BCUT2D eigenvalue weighted by Gasteiger charge is -2.56. The Labute approximate surface area is 192 Å². The Morgan fingerprint density at radius 1 is 1.06 bits per heavy atom. The van der Waals surface area contributed by atoms with E-state index >= 15 is 0 Å². The molecule has 1 heterocycles.